The Morgan fingerprint density at radius 3 is 2.38 bits per heavy atom. The van der Waals surface area contributed by atoms with Crippen LogP contribution < -0.4 is 4.90 Å². The zero-order chi connectivity index (χ0) is 11.5. The van der Waals surface area contributed by atoms with E-state index in [-0.39, 0.29) is 0 Å². The number of hydrogen-bond donors (Lipinski definition) is 0. The highest BCUT2D eigenvalue weighted by atomic mass is 15.3. The highest BCUT2D eigenvalue weighted by molar-refractivity contribution is 5.32. The maximum absolute atomic E-state index is 4.52. The molecule has 2 heterocycles. The Kier molecular flexibility index (Phi) is 3.39. The number of likely N-dealkylation sites (N-methyl/N-ethyl adjacent to an activating group) is 1. The van der Waals surface area contributed by atoms with Crippen molar-refractivity contribution in [2.75, 3.05) is 38.1 Å². The molecule has 1 fully saturated rings. The lowest BCUT2D eigenvalue weighted by Crippen LogP contribution is -2.30. The number of hydrogen-bond acceptors (Lipinski definition) is 4. The van der Waals surface area contributed by atoms with Gasteiger partial charge in [0.05, 0.1) is 0 Å². The standard InChI is InChI=1S/C12H20N4/c1-10-9-11(2)14-12(13-10)16-6-4-5-15(3)7-8-16/h9H,4-8H2,1-3H3. The summed E-state index contributed by atoms with van der Waals surface area (Å²) in [5.74, 6) is 0.896. The lowest BCUT2D eigenvalue weighted by Gasteiger charge is -2.20. The third-order valence-corrected chi connectivity index (χ3v) is 2.97. The van der Waals surface area contributed by atoms with Crippen molar-refractivity contribution in [1.29, 1.82) is 0 Å². The first-order valence-electron chi connectivity index (χ1n) is 5.91. The summed E-state index contributed by atoms with van der Waals surface area (Å²) in [6.07, 6.45) is 1.19. The van der Waals surface area contributed by atoms with Crippen molar-refractivity contribution >= 4 is 5.95 Å². The second-order valence-corrected chi connectivity index (χ2v) is 4.59. The third kappa shape index (κ3) is 2.70. The molecule has 1 aromatic heterocycles. The van der Waals surface area contributed by atoms with Gasteiger partial charge in [-0.25, -0.2) is 9.97 Å². The fourth-order valence-corrected chi connectivity index (χ4v) is 2.10. The Labute approximate surface area is 97.3 Å². The molecule has 0 spiro atoms. The summed E-state index contributed by atoms with van der Waals surface area (Å²) in [6.45, 7) is 8.41. The maximum Gasteiger partial charge on any atom is 0.225 e. The van der Waals surface area contributed by atoms with Crippen LogP contribution in [0.1, 0.15) is 17.8 Å². The van der Waals surface area contributed by atoms with E-state index in [1.165, 1.54) is 13.0 Å². The Morgan fingerprint density at radius 1 is 1.00 bits per heavy atom. The molecule has 4 nitrogen and oxygen atoms in total. The third-order valence-electron chi connectivity index (χ3n) is 2.97. The van der Waals surface area contributed by atoms with Crippen molar-refractivity contribution in [1.82, 2.24) is 14.9 Å². The summed E-state index contributed by atoms with van der Waals surface area (Å²) in [5.41, 5.74) is 2.11. The molecule has 16 heavy (non-hydrogen) atoms. The van der Waals surface area contributed by atoms with E-state index in [4.69, 9.17) is 0 Å². The van der Waals surface area contributed by atoms with Gasteiger partial charge in [-0.2, -0.15) is 0 Å². The average Bonchev–Trinajstić information content (AvgIpc) is 2.41. The van der Waals surface area contributed by atoms with Gasteiger partial charge in [0.15, 0.2) is 0 Å². The minimum absolute atomic E-state index is 0.896. The molecule has 1 aliphatic rings. The first-order chi connectivity index (χ1) is 7.65. The van der Waals surface area contributed by atoms with Crippen molar-refractivity contribution in [2.24, 2.45) is 0 Å². The normalized spacial score (nSPS) is 18.6. The Morgan fingerprint density at radius 2 is 1.69 bits per heavy atom. The summed E-state index contributed by atoms with van der Waals surface area (Å²) >= 11 is 0. The number of rotatable bonds is 1. The van der Waals surface area contributed by atoms with Gasteiger partial charge in [0.1, 0.15) is 0 Å². The van der Waals surface area contributed by atoms with Gasteiger partial charge < -0.3 is 9.80 Å². The Bertz CT molecular complexity index is 344. The van der Waals surface area contributed by atoms with Gasteiger partial charge in [-0.05, 0) is 39.9 Å². The molecule has 0 bridgehead atoms. The van der Waals surface area contributed by atoms with E-state index in [2.05, 4.69) is 26.8 Å². The predicted molar refractivity (Wildman–Crippen MR) is 65.8 cm³/mol. The lowest BCUT2D eigenvalue weighted by molar-refractivity contribution is 0.360. The molecule has 1 saturated heterocycles. The van der Waals surface area contributed by atoms with Crippen molar-refractivity contribution in [2.45, 2.75) is 20.3 Å². The van der Waals surface area contributed by atoms with Crippen LogP contribution in [-0.2, 0) is 0 Å². The van der Waals surface area contributed by atoms with E-state index in [9.17, 15) is 0 Å². The minimum Gasteiger partial charge on any atom is -0.339 e. The zero-order valence-electron chi connectivity index (χ0n) is 10.4. The van der Waals surface area contributed by atoms with Gasteiger partial charge in [0.2, 0.25) is 5.95 Å². The average molecular weight is 220 g/mol. The predicted octanol–water partition coefficient (Wildman–Crippen LogP) is 1.24. The fourth-order valence-electron chi connectivity index (χ4n) is 2.10. The molecule has 0 aromatic carbocycles. The molecular weight excluding hydrogens is 200 g/mol. The van der Waals surface area contributed by atoms with Gasteiger partial charge in [0, 0.05) is 31.0 Å². The molecule has 4 heteroatoms. The first kappa shape index (κ1) is 11.3. The van der Waals surface area contributed by atoms with Crippen molar-refractivity contribution in [3.05, 3.63) is 17.5 Å². The molecule has 0 N–H and O–H groups in total. The summed E-state index contributed by atoms with van der Waals surface area (Å²) in [6, 6.07) is 2.02. The first-order valence-corrected chi connectivity index (χ1v) is 5.91. The molecule has 2 rings (SSSR count). The summed E-state index contributed by atoms with van der Waals surface area (Å²) in [4.78, 5) is 13.7. The van der Waals surface area contributed by atoms with Crippen LogP contribution in [0.4, 0.5) is 5.95 Å². The summed E-state index contributed by atoms with van der Waals surface area (Å²) < 4.78 is 0. The molecule has 0 unspecified atom stereocenters. The lowest BCUT2D eigenvalue weighted by atomic mass is 10.3. The van der Waals surface area contributed by atoms with Crippen LogP contribution >= 0.6 is 0 Å². The van der Waals surface area contributed by atoms with Crippen molar-refractivity contribution in [3.63, 3.8) is 0 Å². The van der Waals surface area contributed by atoms with Crippen LogP contribution in [0.25, 0.3) is 0 Å². The molecular formula is C12H20N4. The molecule has 0 amide bonds. The number of anilines is 1. The minimum atomic E-state index is 0.896. The van der Waals surface area contributed by atoms with Crippen molar-refractivity contribution < 1.29 is 0 Å². The fraction of sp³-hybridized carbons (Fsp3) is 0.667. The number of nitrogens with zero attached hydrogens (tertiary/aromatic N) is 4. The SMILES string of the molecule is Cc1cc(C)nc(N2CCCN(C)CC2)n1. The van der Waals surface area contributed by atoms with Gasteiger partial charge in [-0.3, -0.25) is 0 Å². The number of aryl methyl sites for hydroxylation is 2. The molecule has 1 aromatic rings. The zero-order valence-corrected chi connectivity index (χ0v) is 10.4. The Hall–Kier alpha value is -1.16. The largest absolute Gasteiger partial charge is 0.339 e. The van der Waals surface area contributed by atoms with E-state index in [1.807, 2.05) is 19.9 Å². The van der Waals surface area contributed by atoms with Crippen LogP contribution in [-0.4, -0.2) is 48.1 Å². The second kappa shape index (κ2) is 4.78. The van der Waals surface area contributed by atoms with Gasteiger partial charge >= 0.3 is 0 Å². The molecule has 0 radical (unpaired) electrons. The van der Waals surface area contributed by atoms with E-state index >= 15 is 0 Å². The van der Waals surface area contributed by atoms with Gasteiger partial charge in [0.25, 0.3) is 0 Å². The molecule has 1 aliphatic heterocycles. The highest BCUT2D eigenvalue weighted by Crippen LogP contribution is 2.12. The summed E-state index contributed by atoms with van der Waals surface area (Å²) in [5, 5.41) is 0. The smallest absolute Gasteiger partial charge is 0.225 e. The highest BCUT2D eigenvalue weighted by Gasteiger charge is 2.14. The van der Waals surface area contributed by atoms with Gasteiger partial charge in [-0.1, -0.05) is 0 Å². The maximum atomic E-state index is 4.52. The summed E-state index contributed by atoms with van der Waals surface area (Å²) in [7, 11) is 2.17. The molecule has 0 saturated carbocycles. The van der Waals surface area contributed by atoms with Crippen LogP contribution in [0.3, 0.4) is 0 Å². The van der Waals surface area contributed by atoms with E-state index in [0.717, 1.165) is 37.0 Å². The van der Waals surface area contributed by atoms with E-state index < -0.39 is 0 Å². The van der Waals surface area contributed by atoms with Crippen LogP contribution in [0.5, 0.6) is 0 Å². The van der Waals surface area contributed by atoms with Crippen LogP contribution in [0, 0.1) is 13.8 Å². The van der Waals surface area contributed by atoms with Crippen molar-refractivity contribution in [3.8, 4) is 0 Å². The van der Waals surface area contributed by atoms with Gasteiger partial charge in [-0.15, -0.1) is 0 Å². The molecule has 0 atom stereocenters. The topological polar surface area (TPSA) is 32.3 Å². The molecule has 88 valence electrons. The van der Waals surface area contributed by atoms with E-state index in [1.54, 1.807) is 0 Å². The quantitative estimate of drug-likeness (QED) is 0.712. The van der Waals surface area contributed by atoms with E-state index in [0.29, 0.717) is 0 Å². The monoisotopic (exact) mass is 220 g/mol. The molecule has 0 aliphatic carbocycles. The Balaban J connectivity index is 2.16. The number of aromatic nitrogens is 2. The second-order valence-electron chi connectivity index (χ2n) is 4.59. The van der Waals surface area contributed by atoms with Crippen LogP contribution in [0.15, 0.2) is 6.07 Å². The van der Waals surface area contributed by atoms with Crippen LogP contribution in [0.2, 0.25) is 0 Å².